The van der Waals surface area contributed by atoms with Crippen molar-refractivity contribution in [3.05, 3.63) is 18.7 Å². The first-order chi connectivity index (χ1) is 11.8. The summed E-state index contributed by atoms with van der Waals surface area (Å²) in [5, 5.41) is 6.22. The molecule has 1 aromatic rings. The Labute approximate surface area is 150 Å². The molecule has 1 aliphatic heterocycles. The van der Waals surface area contributed by atoms with Crippen LogP contribution in [0.15, 0.2) is 18.7 Å². The molecule has 1 aliphatic rings. The Kier molecular flexibility index (Phi) is 6.58. The zero-order valence-electron chi connectivity index (χ0n) is 15.8. The topological polar surface area (TPSA) is 79.3 Å². The maximum atomic E-state index is 12.6. The number of nitrogens with zero attached hydrogens (tertiary/aromatic N) is 3. The Morgan fingerprint density at radius 1 is 1.40 bits per heavy atom. The van der Waals surface area contributed by atoms with E-state index in [0.29, 0.717) is 32.0 Å². The van der Waals surface area contributed by atoms with Gasteiger partial charge in [0.2, 0.25) is 11.8 Å². The third-order valence-corrected chi connectivity index (χ3v) is 4.69. The van der Waals surface area contributed by atoms with E-state index >= 15 is 0 Å². The summed E-state index contributed by atoms with van der Waals surface area (Å²) >= 11 is 0. The van der Waals surface area contributed by atoms with Crippen molar-refractivity contribution < 1.29 is 9.59 Å². The second-order valence-electron chi connectivity index (χ2n) is 7.73. The van der Waals surface area contributed by atoms with Gasteiger partial charge in [-0.05, 0) is 26.2 Å². The second kappa shape index (κ2) is 8.47. The fourth-order valence-corrected chi connectivity index (χ4v) is 3.06. The highest BCUT2D eigenvalue weighted by atomic mass is 16.2. The number of imidazole rings is 1. The monoisotopic (exact) mass is 349 g/mol. The molecule has 0 spiro atoms. The van der Waals surface area contributed by atoms with Gasteiger partial charge in [0, 0.05) is 50.5 Å². The van der Waals surface area contributed by atoms with Crippen LogP contribution in [0.3, 0.4) is 0 Å². The Hall–Kier alpha value is -1.89. The lowest BCUT2D eigenvalue weighted by atomic mass is 10.0. The Morgan fingerprint density at radius 3 is 2.80 bits per heavy atom. The molecule has 0 saturated carbocycles. The third-order valence-electron chi connectivity index (χ3n) is 4.69. The zero-order chi connectivity index (χ0) is 18.4. The van der Waals surface area contributed by atoms with Crippen molar-refractivity contribution in [1.29, 1.82) is 0 Å². The van der Waals surface area contributed by atoms with Crippen LogP contribution >= 0.6 is 0 Å². The van der Waals surface area contributed by atoms with Gasteiger partial charge >= 0.3 is 0 Å². The van der Waals surface area contributed by atoms with Crippen LogP contribution in [0.2, 0.25) is 0 Å². The van der Waals surface area contributed by atoms with E-state index in [-0.39, 0.29) is 17.4 Å². The first-order valence-electron chi connectivity index (χ1n) is 9.07. The van der Waals surface area contributed by atoms with Gasteiger partial charge < -0.3 is 20.1 Å². The molecule has 1 aromatic heterocycles. The summed E-state index contributed by atoms with van der Waals surface area (Å²) in [7, 11) is 0. The van der Waals surface area contributed by atoms with E-state index in [4.69, 9.17) is 0 Å². The Bertz CT molecular complexity index is 568. The molecule has 140 valence electrons. The molecule has 2 heterocycles. The van der Waals surface area contributed by atoms with E-state index < -0.39 is 6.04 Å². The molecule has 0 bridgehead atoms. The molecule has 25 heavy (non-hydrogen) atoms. The summed E-state index contributed by atoms with van der Waals surface area (Å²) in [6.07, 6.45) is 6.75. The minimum atomic E-state index is -0.420. The van der Waals surface area contributed by atoms with Crippen molar-refractivity contribution in [1.82, 2.24) is 25.1 Å². The molecule has 0 aliphatic carbocycles. The van der Waals surface area contributed by atoms with Gasteiger partial charge in [0.25, 0.3) is 0 Å². The van der Waals surface area contributed by atoms with Crippen LogP contribution in [-0.4, -0.2) is 58.5 Å². The van der Waals surface area contributed by atoms with Crippen LogP contribution < -0.4 is 10.6 Å². The van der Waals surface area contributed by atoms with E-state index in [1.807, 2.05) is 24.6 Å². The van der Waals surface area contributed by atoms with Gasteiger partial charge in [0.1, 0.15) is 6.04 Å². The van der Waals surface area contributed by atoms with Gasteiger partial charge in [-0.25, -0.2) is 4.98 Å². The van der Waals surface area contributed by atoms with Gasteiger partial charge in [-0.3, -0.25) is 9.59 Å². The van der Waals surface area contributed by atoms with Crippen molar-refractivity contribution in [2.45, 2.75) is 52.1 Å². The first-order valence-corrected chi connectivity index (χ1v) is 9.07. The predicted molar refractivity (Wildman–Crippen MR) is 97.0 cm³/mol. The van der Waals surface area contributed by atoms with Gasteiger partial charge in [-0.1, -0.05) is 13.8 Å². The molecular formula is C18H31N5O2. The summed E-state index contributed by atoms with van der Waals surface area (Å²) < 4.78 is 2.04. The maximum Gasteiger partial charge on any atom is 0.244 e. The number of hydrogen-bond donors (Lipinski definition) is 2. The molecule has 1 fully saturated rings. The van der Waals surface area contributed by atoms with Crippen LogP contribution in [0.25, 0.3) is 0 Å². The Morgan fingerprint density at radius 2 is 2.16 bits per heavy atom. The SMILES string of the molecule is CC(C)CC(=O)N1CCNC[C@@H]1C(=O)NCCC(C)(C)n1ccnc1. The molecule has 0 radical (unpaired) electrons. The van der Waals surface area contributed by atoms with Gasteiger partial charge in [-0.15, -0.1) is 0 Å². The smallest absolute Gasteiger partial charge is 0.244 e. The Balaban J connectivity index is 1.88. The van der Waals surface area contributed by atoms with Crippen molar-refractivity contribution >= 4 is 11.8 Å². The summed E-state index contributed by atoms with van der Waals surface area (Å²) in [6, 6.07) is -0.420. The van der Waals surface area contributed by atoms with Crippen molar-refractivity contribution in [2.24, 2.45) is 5.92 Å². The van der Waals surface area contributed by atoms with Gasteiger partial charge in [-0.2, -0.15) is 0 Å². The maximum absolute atomic E-state index is 12.6. The summed E-state index contributed by atoms with van der Waals surface area (Å²) in [5.74, 6) is 0.281. The molecule has 2 amide bonds. The van der Waals surface area contributed by atoms with Crippen LogP contribution in [-0.2, 0) is 15.1 Å². The van der Waals surface area contributed by atoms with Gasteiger partial charge in [0.05, 0.1) is 6.33 Å². The molecule has 1 saturated heterocycles. The molecule has 2 N–H and O–H groups in total. The number of amides is 2. The lowest BCUT2D eigenvalue weighted by molar-refractivity contribution is -0.142. The van der Waals surface area contributed by atoms with Gasteiger partial charge in [0.15, 0.2) is 0 Å². The van der Waals surface area contributed by atoms with Crippen molar-refractivity contribution in [3.63, 3.8) is 0 Å². The molecule has 2 rings (SSSR count). The number of aromatic nitrogens is 2. The lowest BCUT2D eigenvalue weighted by Gasteiger charge is -2.36. The van der Waals surface area contributed by atoms with E-state index in [1.165, 1.54) is 0 Å². The standard InChI is InChI=1S/C18H31N5O2/c1-14(2)11-16(24)23-10-8-19-12-15(23)17(25)21-6-5-18(3,4)22-9-7-20-13-22/h7,9,13-15,19H,5-6,8,10-12H2,1-4H3,(H,21,25)/t15-/m1/s1. The number of piperazine rings is 1. The quantitative estimate of drug-likeness (QED) is 0.769. The highest BCUT2D eigenvalue weighted by molar-refractivity contribution is 5.88. The summed E-state index contributed by atoms with van der Waals surface area (Å²) in [6.45, 7) is 10.7. The minimum Gasteiger partial charge on any atom is -0.354 e. The molecular weight excluding hydrogens is 318 g/mol. The van der Waals surface area contributed by atoms with E-state index in [0.717, 1.165) is 13.0 Å². The molecule has 1 atom stereocenters. The molecule has 0 unspecified atom stereocenters. The largest absolute Gasteiger partial charge is 0.354 e. The predicted octanol–water partition coefficient (Wildman–Crippen LogP) is 0.971. The summed E-state index contributed by atoms with van der Waals surface area (Å²) in [5.41, 5.74) is -0.123. The van der Waals surface area contributed by atoms with E-state index in [1.54, 1.807) is 17.4 Å². The van der Waals surface area contributed by atoms with E-state index in [9.17, 15) is 9.59 Å². The molecule has 7 heteroatoms. The highest BCUT2D eigenvalue weighted by Gasteiger charge is 2.32. The zero-order valence-corrected chi connectivity index (χ0v) is 15.8. The minimum absolute atomic E-state index is 0.0652. The number of hydrogen-bond acceptors (Lipinski definition) is 4. The first kappa shape index (κ1) is 19.4. The molecule has 7 nitrogen and oxygen atoms in total. The number of carbonyl (C=O) groups excluding carboxylic acids is 2. The van der Waals surface area contributed by atoms with Crippen molar-refractivity contribution in [2.75, 3.05) is 26.2 Å². The highest BCUT2D eigenvalue weighted by Crippen LogP contribution is 2.18. The van der Waals surface area contributed by atoms with Crippen LogP contribution in [0.1, 0.15) is 40.5 Å². The average Bonchev–Trinajstić information content (AvgIpc) is 3.09. The number of carbonyl (C=O) groups is 2. The fourth-order valence-electron chi connectivity index (χ4n) is 3.06. The van der Waals surface area contributed by atoms with Crippen LogP contribution in [0.4, 0.5) is 0 Å². The number of rotatable bonds is 7. The average molecular weight is 349 g/mol. The van der Waals surface area contributed by atoms with Crippen LogP contribution in [0, 0.1) is 5.92 Å². The third kappa shape index (κ3) is 5.29. The number of nitrogens with one attached hydrogen (secondary N) is 2. The normalized spacial score (nSPS) is 18.4. The van der Waals surface area contributed by atoms with Crippen molar-refractivity contribution in [3.8, 4) is 0 Å². The lowest BCUT2D eigenvalue weighted by Crippen LogP contribution is -2.59. The second-order valence-corrected chi connectivity index (χ2v) is 7.73. The molecule has 0 aromatic carbocycles. The fraction of sp³-hybridized carbons (Fsp3) is 0.722. The van der Waals surface area contributed by atoms with Crippen LogP contribution in [0.5, 0.6) is 0 Å². The van der Waals surface area contributed by atoms with E-state index in [2.05, 4.69) is 29.5 Å². The summed E-state index contributed by atoms with van der Waals surface area (Å²) in [4.78, 5) is 30.8.